The van der Waals surface area contributed by atoms with Gasteiger partial charge in [0.25, 0.3) is 0 Å². The van der Waals surface area contributed by atoms with Crippen LogP contribution in [-0.4, -0.2) is 27.9 Å². The Morgan fingerprint density at radius 2 is 1.96 bits per heavy atom. The van der Waals surface area contributed by atoms with Gasteiger partial charge in [-0.3, -0.25) is 4.79 Å². The predicted molar refractivity (Wildman–Crippen MR) is 94.1 cm³/mol. The van der Waals surface area contributed by atoms with E-state index >= 15 is 0 Å². The van der Waals surface area contributed by atoms with E-state index in [1.165, 1.54) is 12.2 Å². The average Bonchev–Trinajstić information content (AvgIpc) is 2.50. The molecule has 0 saturated heterocycles. The summed E-state index contributed by atoms with van der Waals surface area (Å²) < 4.78 is 0. The van der Waals surface area contributed by atoms with Crippen molar-refractivity contribution in [3.63, 3.8) is 0 Å². The van der Waals surface area contributed by atoms with Gasteiger partial charge in [0.15, 0.2) is 5.78 Å². The third kappa shape index (κ3) is 3.55. The first kappa shape index (κ1) is 19.4. The molecule has 5 heteroatoms. The molecule has 4 unspecified atom stereocenters. The summed E-state index contributed by atoms with van der Waals surface area (Å²) >= 11 is 0. The Kier molecular flexibility index (Phi) is 5.26. The second-order valence-electron chi connectivity index (χ2n) is 8.28. The third-order valence-corrected chi connectivity index (χ3v) is 6.77. The molecule has 2 rings (SSSR count). The molecule has 0 aromatic carbocycles. The highest BCUT2D eigenvalue weighted by Gasteiger charge is 2.56. The number of fused-ring (bicyclic) bond motifs is 1. The van der Waals surface area contributed by atoms with Crippen LogP contribution in [0.25, 0.3) is 0 Å². The topological polar surface area (TPSA) is 91.7 Å². The summed E-state index contributed by atoms with van der Waals surface area (Å²) in [5.41, 5.74) is 0.324. The smallest absolute Gasteiger partial charge is 0.332 e. The Bertz CT molecular complexity index is 659. The molecule has 0 heterocycles. The molecule has 4 atom stereocenters. The lowest BCUT2D eigenvalue weighted by molar-refractivity contribution is -0.140. The summed E-state index contributed by atoms with van der Waals surface area (Å²) in [6.07, 6.45) is 5.99. The van der Waals surface area contributed by atoms with Crippen LogP contribution in [0, 0.1) is 22.7 Å². The number of ketones is 1. The van der Waals surface area contributed by atoms with Crippen molar-refractivity contribution in [3.05, 3.63) is 23.3 Å². The molecule has 138 valence electrons. The van der Waals surface area contributed by atoms with Crippen LogP contribution in [0.1, 0.15) is 59.8 Å². The molecule has 1 saturated carbocycles. The summed E-state index contributed by atoms with van der Waals surface area (Å²) in [5, 5.41) is 18.5. The molecule has 0 radical (unpaired) electrons. The Morgan fingerprint density at radius 3 is 2.52 bits per heavy atom. The first-order valence-electron chi connectivity index (χ1n) is 8.89. The number of hydrogen-bond donors (Lipinski definition) is 2. The van der Waals surface area contributed by atoms with Gasteiger partial charge < -0.3 is 10.2 Å². The lowest BCUT2D eigenvalue weighted by Gasteiger charge is -2.57. The van der Waals surface area contributed by atoms with Gasteiger partial charge in [-0.2, -0.15) is 0 Å². The molecule has 0 bridgehead atoms. The third-order valence-electron chi connectivity index (χ3n) is 6.77. The highest BCUT2D eigenvalue weighted by Crippen LogP contribution is 2.61. The summed E-state index contributed by atoms with van der Waals surface area (Å²) in [7, 11) is 0. The zero-order chi connectivity index (χ0) is 19.0. The van der Waals surface area contributed by atoms with E-state index in [-0.39, 0.29) is 22.7 Å². The monoisotopic (exact) mass is 348 g/mol. The van der Waals surface area contributed by atoms with Crippen LogP contribution in [-0.2, 0) is 14.4 Å². The van der Waals surface area contributed by atoms with Crippen molar-refractivity contribution >= 4 is 17.7 Å². The summed E-state index contributed by atoms with van der Waals surface area (Å²) in [5.74, 6) is -1.75. The standard InChI is InChI=1S/C20H28O5/c1-12(9-17(22)23)5-7-19(3)13(2)6-8-20(4)15(18(24)25)10-14(21)11-16(19)20/h9-10,13,16H,5-8,11H2,1-4H3,(H,22,23)(H,24,25)/b12-9-. The fourth-order valence-corrected chi connectivity index (χ4v) is 4.93. The van der Waals surface area contributed by atoms with Crippen LogP contribution in [0.15, 0.2) is 23.3 Å². The quantitative estimate of drug-likeness (QED) is 0.737. The van der Waals surface area contributed by atoms with Gasteiger partial charge in [0.2, 0.25) is 0 Å². The molecule has 0 aromatic rings. The second-order valence-corrected chi connectivity index (χ2v) is 8.28. The minimum atomic E-state index is -1.00. The Morgan fingerprint density at radius 1 is 1.32 bits per heavy atom. The first-order chi connectivity index (χ1) is 11.5. The van der Waals surface area contributed by atoms with Crippen molar-refractivity contribution in [2.75, 3.05) is 0 Å². The van der Waals surface area contributed by atoms with Crippen LogP contribution in [0.5, 0.6) is 0 Å². The highest BCUT2D eigenvalue weighted by molar-refractivity contribution is 6.01. The molecule has 0 amide bonds. The molecule has 5 nitrogen and oxygen atoms in total. The predicted octanol–water partition coefficient (Wildman–Crippen LogP) is 3.84. The number of hydrogen-bond acceptors (Lipinski definition) is 3. The van der Waals surface area contributed by atoms with Gasteiger partial charge in [0.05, 0.1) is 0 Å². The fourth-order valence-electron chi connectivity index (χ4n) is 4.93. The van der Waals surface area contributed by atoms with Gasteiger partial charge in [0.1, 0.15) is 0 Å². The molecule has 25 heavy (non-hydrogen) atoms. The minimum Gasteiger partial charge on any atom is -0.478 e. The van der Waals surface area contributed by atoms with E-state index in [1.807, 2.05) is 6.92 Å². The van der Waals surface area contributed by atoms with Crippen LogP contribution >= 0.6 is 0 Å². The Balaban J connectivity index is 2.37. The van der Waals surface area contributed by atoms with E-state index in [4.69, 9.17) is 5.11 Å². The Hall–Kier alpha value is -1.91. The summed E-state index contributed by atoms with van der Waals surface area (Å²) in [6, 6.07) is 0. The van der Waals surface area contributed by atoms with Gasteiger partial charge in [-0.15, -0.1) is 0 Å². The molecule has 0 aromatic heterocycles. The van der Waals surface area contributed by atoms with E-state index in [0.717, 1.165) is 24.8 Å². The molecular formula is C20H28O5. The van der Waals surface area contributed by atoms with Crippen molar-refractivity contribution in [2.24, 2.45) is 22.7 Å². The maximum Gasteiger partial charge on any atom is 0.332 e. The van der Waals surface area contributed by atoms with Gasteiger partial charge in [-0.25, -0.2) is 9.59 Å². The lowest BCUT2D eigenvalue weighted by Crippen LogP contribution is -2.52. The summed E-state index contributed by atoms with van der Waals surface area (Å²) in [6.45, 7) is 8.10. The van der Waals surface area contributed by atoms with Gasteiger partial charge in [-0.05, 0) is 55.9 Å². The van der Waals surface area contributed by atoms with Crippen molar-refractivity contribution in [1.82, 2.24) is 0 Å². The molecule has 1 fully saturated rings. The maximum atomic E-state index is 12.2. The van der Waals surface area contributed by atoms with E-state index in [9.17, 15) is 19.5 Å². The SMILES string of the molecule is C/C(=C/C(=O)O)CCC1(C)C(C)CCC2(C)C(C(=O)O)=CC(=O)CC21. The van der Waals surface area contributed by atoms with Crippen molar-refractivity contribution in [2.45, 2.75) is 59.8 Å². The molecule has 0 spiro atoms. The average molecular weight is 348 g/mol. The zero-order valence-electron chi connectivity index (χ0n) is 15.5. The second kappa shape index (κ2) is 6.77. The van der Waals surface area contributed by atoms with E-state index in [1.54, 1.807) is 6.92 Å². The largest absolute Gasteiger partial charge is 0.478 e. The van der Waals surface area contributed by atoms with Gasteiger partial charge >= 0.3 is 11.9 Å². The molecule has 2 aliphatic rings. The van der Waals surface area contributed by atoms with Crippen LogP contribution in [0.3, 0.4) is 0 Å². The van der Waals surface area contributed by atoms with Crippen molar-refractivity contribution < 1.29 is 24.6 Å². The fraction of sp³-hybridized carbons (Fsp3) is 0.650. The number of carboxylic acids is 2. The van der Waals surface area contributed by atoms with Crippen LogP contribution < -0.4 is 0 Å². The minimum absolute atomic E-state index is 0.0371. The summed E-state index contributed by atoms with van der Waals surface area (Å²) in [4.78, 5) is 34.8. The highest BCUT2D eigenvalue weighted by atomic mass is 16.4. The maximum absolute atomic E-state index is 12.2. The van der Waals surface area contributed by atoms with Crippen molar-refractivity contribution in [1.29, 1.82) is 0 Å². The van der Waals surface area contributed by atoms with Gasteiger partial charge in [-0.1, -0.05) is 26.3 Å². The molecule has 0 aliphatic heterocycles. The zero-order valence-corrected chi connectivity index (χ0v) is 15.5. The molecule has 2 aliphatic carbocycles. The molecule has 2 N–H and O–H groups in total. The number of allylic oxidation sites excluding steroid dienone is 2. The van der Waals surface area contributed by atoms with Gasteiger partial charge in [0, 0.05) is 23.5 Å². The lowest BCUT2D eigenvalue weighted by atomic mass is 9.46. The first-order valence-corrected chi connectivity index (χ1v) is 8.89. The van der Waals surface area contributed by atoms with Crippen LogP contribution in [0.4, 0.5) is 0 Å². The number of carbonyl (C=O) groups is 3. The van der Waals surface area contributed by atoms with Crippen molar-refractivity contribution in [3.8, 4) is 0 Å². The van der Waals surface area contributed by atoms with E-state index in [0.29, 0.717) is 18.8 Å². The number of aliphatic carboxylic acids is 2. The van der Waals surface area contributed by atoms with E-state index in [2.05, 4.69) is 13.8 Å². The van der Waals surface area contributed by atoms with E-state index < -0.39 is 17.4 Å². The number of rotatable bonds is 5. The Labute approximate surface area is 148 Å². The number of carbonyl (C=O) groups excluding carboxylic acids is 1. The normalized spacial score (nSPS) is 35.8. The van der Waals surface area contributed by atoms with Crippen LogP contribution in [0.2, 0.25) is 0 Å². The number of carboxylic acid groups (broad SMARTS) is 2. The molecular weight excluding hydrogens is 320 g/mol.